The van der Waals surface area contributed by atoms with E-state index in [1.165, 1.54) is 0 Å². The van der Waals surface area contributed by atoms with Crippen molar-refractivity contribution in [3.05, 3.63) is 58.6 Å². The number of hydrogen-bond acceptors (Lipinski definition) is 4. The lowest BCUT2D eigenvalue weighted by molar-refractivity contribution is 0.0240. The average molecular weight is 444 g/mol. The number of aliphatic imine (C=N–C) groups is 1. The summed E-state index contributed by atoms with van der Waals surface area (Å²) in [7, 11) is 0. The molecule has 0 unspecified atom stereocenters. The Morgan fingerprint density at radius 3 is 2.32 bits per heavy atom. The highest BCUT2D eigenvalue weighted by Crippen LogP contribution is 2.23. The van der Waals surface area contributed by atoms with E-state index >= 15 is 0 Å². The number of piperazine rings is 1. The van der Waals surface area contributed by atoms with Gasteiger partial charge in [-0.2, -0.15) is 0 Å². The number of halogens is 1. The van der Waals surface area contributed by atoms with Crippen LogP contribution in [-0.2, 0) is 4.74 Å². The maximum atomic E-state index is 12.3. The first-order valence-electron chi connectivity index (χ1n) is 9.43. The number of para-hydroxylation sites is 1. The van der Waals surface area contributed by atoms with Gasteiger partial charge in [-0.05, 0) is 51.1 Å². The summed E-state index contributed by atoms with van der Waals surface area (Å²) in [5, 5.41) is 0. The van der Waals surface area contributed by atoms with E-state index in [0.29, 0.717) is 13.1 Å². The molecule has 5 nitrogen and oxygen atoms in total. The van der Waals surface area contributed by atoms with Gasteiger partial charge in [0.05, 0.1) is 5.69 Å². The Morgan fingerprint density at radius 1 is 1.04 bits per heavy atom. The van der Waals surface area contributed by atoms with Crippen molar-refractivity contribution in [2.75, 3.05) is 31.1 Å². The third-order valence-corrected chi connectivity index (χ3v) is 4.92. The van der Waals surface area contributed by atoms with E-state index in [1.54, 1.807) is 4.90 Å². The number of amides is 1. The van der Waals surface area contributed by atoms with Crippen molar-refractivity contribution < 1.29 is 9.53 Å². The molecule has 0 spiro atoms. The summed E-state index contributed by atoms with van der Waals surface area (Å²) in [5.74, 6) is 0. The van der Waals surface area contributed by atoms with Gasteiger partial charge < -0.3 is 14.5 Å². The van der Waals surface area contributed by atoms with Gasteiger partial charge >= 0.3 is 6.09 Å². The molecule has 0 aromatic heterocycles. The first-order chi connectivity index (χ1) is 13.3. The Balaban J connectivity index is 1.67. The fourth-order valence-electron chi connectivity index (χ4n) is 3.01. The Bertz CT molecular complexity index is 836. The number of rotatable bonds is 3. The maximum absolute atomic E-state index is 12.3. The Kier molecular flexibility index (Phi) is 6.39. The van der Waals surface area contributed by atoms with Crippen LogP contribution in [0.25, 0.3) is 0 Å². The third-order valence-electron chi connectivity index (χ3n) is 4.39. The molecule has 2 aromatic carbocycles. The summed E-state index contributed by atoms with van der Waals surface area (Å²) in [6.45, 7) is 8.50. The van der Waals surface area contributed by atoms with Crippen molar-refractivity contribution in [3.8, 4) is 0 Å². The zero-order valence-corrected chi connectivity index (χ0v) is 18.1. The van der Waals surface area contributed by atoms with Crippen LogP contribution in [0.4, 0.5) is 16.2 Å². The van der Waals surface area contributed by atoms with Crippen LogP contribution in [0.1, 0.15) is 26.3 Å². The molecular weight excluding hydrogens is 418 g/mol. The number of benzene rings is 2. The fraction of sp³-hybridized carbons (Fsp3) is 0.364. The molecule has 1 heterocycles. The van der Waals surface area contributed by atoms with Gasteiger partial charge in [0.25, 0.3) is 0 Å². The lowest BCUT2D eigenvalue weighted by Gasteiger charge is -2.37. The number of nitrogens with zero attached hydrogens (tertiary/aromatic N) is 3. The number of ether oxygens (including phenoxy) is 1. The van der Waals surface area contributed by atoms with Crippen LogP contribution < -0.4 is 4.90 Å². The van der Waals surface area contributed by atoms with E-state index in [9.17, 15) is 4.79 Å². The molecule has 0 saturated carbocycles. The van der Waals surface area contributed by atoms with E-state index in [2.05, 4.69) is 38.0 Å². The summed E-state index contributed by atoms with van der Waals surface area (Å²) in [4.78, 5) is 20.9. The van der Waals surface area contributed by atoms with Gasteiger partial charge in [0.15, 0.2) is 0 Å². The minimum atomic E-state index is -0.468. The smallest absolute Gasteiger partial charge is 0.410 e. The van der Waals surface area contributed by atoms with Crippen molar-refractivity contribution in [1.29, 1.82) is 0 Å². The Labute approximate surface area is 175 Å². The van der Waals surface area contributed by atoms with E-state index in [1.807, 2.05) is 63.4 Å². The molecule has 148 valence electrons. The van der Waals surface area contributed by atoms with Crippen LogP contribution in [-0.4, -0.2) is 49.0 Å². The minimum Gasteiger partial charge on any atom is -0.444 e. The summed E-state index contributed by atoms with van der Waals surface area (Å²) in [6.07, 6.45) is 1.66. The van der Waals surface area contributed by atoms with E-state index < -0.39 is 5.60 Å². The molecule has 3 rings (SSSR count). The van der Waals surface area contributed by atoms with Crippen LogP contribution in [0.3, 0.4) is 0 Å². The lowest BCUT2D eigenvalue weighted by Crippen LogP contribution is -2.50. The zero-order valence-electron chi connectivity index (χ0n) is 16.6. The summed E-state index contributed by atoms with van der Waals surface area (Å²) in [5.41, 5.74) is 2.64. The van der Waals surface area contributed by atoms with E-state index in [0.717, 1.165) is 34.5 Å². The highest BCUT2D eigenvalue weighted by Gasteiger charge is 2.26. The quantitative estimate of drug-likeness (QED) is 0.607. The van der Waals surface area contributed by atoms with Crippen LogP contribution in [0.15, 0.2) is 58.0 Å². The van der Waals surface area contributed by atoms with Crippen molar-refractivity contribution >= 4 is 39.6 Å². The molecule has 6 heteroatoms. The summed E-state index contributed by atoms with van der Waals surface area (Å²) < 4.78 is 6.52. The molecule has 1 aliphatic rings. The Morgan fingerprint density at radius 2 is 1.68 bits per heavy atom. The highest BCUT2D eigenvalue weighted by atomic mass is 79.9. The topological polar surface area (TPSA) is 45.1 Å². The largest absolute Gasteiger partial charge is 0.444 e. The van der Waals surface area contributed by atoms with Gasteiger partial charge in [0.1, 0.15) is 5.60 Å². The van der Waals surface area contributed by atoms with Crippen molar-refractivity contribution in [1.82, 2.24) is 4.90 Å². The molecule has 28 heavy (non-hydrogen) atoms. The number of hydrogen-bond donors (Lipinski definition) is 0. The Hall–Kier alpha value is -2.34. The van der Waals surface area contributed by atoms with Gasteiger partial charge in [0.2, 0.25) is 0 Å². The van der Waals surface area contributed by atoms with Crippen LogP contribution in [0.2, 0.25) is 0 Å². The first-order valence-corrected chi connectivity index (χ1v) is 10.2. The molecular formula is C22H26BrN3O2. The molecule has 2 aromatic rings. The molecule has 1 fully saturated rings. The summed E-state index contributed by atoms with van der Waals surface area (Å²) in [6, 6.07) is 16.1. The first kappa shape index (κ1) is 20.4. The highest BCUT2D eigenvalue weighted by molar-refractivity contribution is 9.10. The van der Waals surface area contributed by atoms with Crippen molar-refractivity contribution in [3.63, 3.8) is 0 Å². The molecule has 0 radical (unpaired) electrons. The van der Waals surface area contributed by atoms with Crippen molar-refractivity contribution in [2.45, 2.75) is 26.4 Å². The summed E-state index contributed by atoms with van der Waals surface area (Å²) >= 11 is 3.44. The number of carbonyl (C=O) groups excluding carboxylic acids is 1. The van der Waals surface area contributed by atoms with Gasteiger partial charge in [-0.3, -0.25) is 4.99 Å². The SMILES string of the molecule is CC(C)(C)OC(=O)N1CCN(c2ccccc2C=Nc2ccc(Br)cc2)CC1. The van der Waals surface area contributed by atoms with Gasteiger partial charge in [0, 0.05) is 48.1 Å². The van der Waals surface area contributed by atoms with Crippen molar-refractivity contribution in [2.24, 2.45) is 4.99 Å². The predicted octanol–water partition coefficient (Wildman–Crippen LogP) is 5.26. The second kappa shape index (κ2) is 8.78. The van der Waals surface area contributed by atoms with Crippen LogP contribution in [0.5, 0.6) is 0 Å². The molecule has 0 aliphatic carbocycles. The maximum Gasteiger partial charge on any atom is 0.410 e. The van der Waals surface area contributed by atoms with Crippen LogP contribution in [0, 0.1) is 0 Å². The monoisotopic (exact) mass is 443 g/mol. The standard InChI is InChI=1S/C22H26BrN3O2/c1-22(2,3)28-21(27)26-14-12-25(13-15-26)20-7-5-4-6-17(20)16-24-19-10-8-18(23)9-11-19/h4-11,16H,12-15H2,1-3H3. The normalized spacial score (nSPS) is 15.1. The number of anilines is 1. The van der Waals surface area contributed by atoms with Gasteiger partial charge in [-0.1, -0.05) is 34.1 Å². The van der Waals surface area contributed by atoms with Gasteiger partial charge in [-0.25, -0.2) is 4.79 Å². The zero-order chi connectivity index (χ0) is 20.1. The molecule has 1 amide bonds. The fourth-order valence-corrected chi connectivity index (χ4v) is 3.28. The van der Waals surface area contributed by atoms with E-state index in [-0.39, 0.29) is 6.09 Å². The number of carbonyl (C=O) groups is 1. The van der Waals surface area contributed by atoms with Crippen LogP contribution >= 0.6 is 15.9 Å². The lowest BCUT2D eigenvalue weighted by atomic mass is 10.1. The minimum absolute atomic E-state index is 0.239. The second-order valence-electron chi connectivity index (χ2n) is 7.75. The molecule has 0 atom stereocenters. The molecule has 0 bridgehead atoms. The predicted molar refractivity (Wildman–Crippen MR) is 118 cm³/mol. The molecule has 1 aliphatic heterocycles. The second-order valence-corrected chi connectivity index (χ2v) is 8.66. The molecule has 0 N–H and O–H groups in total. The molecule has 1 saturated heterocycles. The third kappa shape index (κ3) is 5.58. The average Bonchev–Trinajstić information content (AvgIpc) is 2.67. The van der Waals surface area contributed by atoms with Gasteiger partial charge in [-0.15, -0.1) is 0 Å². The van der Waals surface area contributed by atoms with E-state index in [4.69, 9.17) is 4.74 Å².